The van der Waals surface area contributed by atoms with Gasteiger partial charge < -0.3 is 15.0 Å². The van der Waals surface area contributed by atoms with Crippen molar-refractivity contribution < 1.29 is 22.3 Å². The summed E-state index contributed by atoms with van der Waals surface area (Å²) in [7, 11) is -3.45. The van der Waals surface area contributed by atoms with Crippen molar-refractivity contribution in [1.29, 1.82) is 0 Å². The van der Waals surface area contributed by atoms with Crippen LogP contribution in [0.25, 0.3) is 11.4 Å². The van der Waals surface area contributed by atoms with Gasteiger partial charge in [-0.25, -0.2) is 23.4 Å². The fraction of sp³-hybridized carbons (Fsp3) is 0.304. The second-order valence-electron chi connectivity index (χ2n) is 8.17. The number of fused-ring (bicyclic) bond motifs is 1. The Morgan fingerprint density at radius 1 is 1.15 bits per heavy atom. The summed E-state index contributed by atoms with van der Waals surface area (Å²) in [6, 6.07) is 7.77. The quantitative estimate of drug-likeness (QED) is 0.563. The first-order valence-electron chi connectivity index (χ1n) is 10.8. The van der Waals surface area contributed by atoms with E-state index in [9.17, 15) is 17.6 Å². The van der Waals surface area contributed by atoms with E-state index in [-0.39, 0.29) is 16.2 Å². The van der Waals surface area contributed by atoms with Gasteiger partial charge in [0.05, 0.1) is 24.7 Å². The average Bonchev–Trinajstić information content (AvgIpc) is 3.15. The van der Waals surface area contributed by atoms with Crippen LogP contribution in [0.2, 0.25) is 0 Å². The molecule has 0 spiro atoms. The fourth-order valence-electron chi connectivity index (χ4n) is 4.10. The average molecular weight is 484 g/mol. The number of benzene rings is 1. The third kappa shape index (κ3) is 4.24. The molecule has 3 aromatic rings. The second-order valence-corrected chi connectivity index (χ2v) is 10.2. The summed E-state index contributed by atoms with van der Waals surface area (Å²) in [4.78, 5) is 27.5. The van der Waals surface area contributed by atoms with Crippen molar-refractivity contribution in [3.8, 4) is 11.4 Å². The Bertz CT molecular complexity index is 1390. The summed E-state index contributed by atoms with van der Waals surface area (Å²) in [5, 5.41) is 2.75. The maximum Gasteiger partial charge on any atom is 0.255 e. The highest BCUT2D eigenvalue weighted by atomic mass is 32.2. The number of amides is 1. The SMILES string of the molecule is Cc1ccc(NC(=O)c2ccnc(F)c2)cc1-c1nc2c(c(N3CCOCC3)n1)S(=O)(=O)CC2. The van der Waals surface area contributed by atoms with Crippen molar-refractivity contribution in [3.63, 3.8) is 0 Å². The Kier molecular flexibility index (Phi) is 5.74. The van der Waals surface area contributed by atoms with Gasteiger partial charge in [0.25, 0.3) is 5.91 Å². The summed E-state index contributed by atoms with van der Waals surface area (Å²) in [6.45, 7) is 3.95. The minimum atomic E-state index is -3.45. The summed E-state index contributed by atoms with van der Waals surface area (Å²) < 4.78 is 44.3. The predicted octanol–water partition coefficient (Wildman–Crippen LogP) is 2.40. The number of carbonyl (C=O) groups is 1. The standard InChI is InChI=1S/C23H22FN5O4S/c1-14-2-3-16(26-23(30)15-4-6-25-19(24)12-15)13-17(14)21-27-18-5-11-34(31,32)20(18)22(28-21)29-7-9-33-10-8-29/h2-4,6,12-13H,5,7-11H2,1H3,(H,26,30). The molecule has 176 valence electrons. The highest BCUT2D eigenvalue weighted by Crippen LogP contribution is 2.36. The highest BCUT2D eigenvalue weighted by molar-refractivity contribution is 7.91. The van der Waals surface area contributed by atoms with Crippen molar-refractivity contribution in [2.24, 2.45) is 0 Å². The van der Waals surface area contributed by atoms with Crippen molar-refractivity contribution in [1.82, 2.24) is 15.0 Å². The Hall–Kier alpha value is -3.44. The molecule has 0 atom stereocenters. The second kappa shape index (κ2) is 8.73. The molecule has 1 amide bonds. The summed E-state index contributed by atoms with van der Waals surface area (Å²) >= 11 is 0. The van der Waals surface area contributed by atoms with Gasteiger partial charge in [-0.05, 0) is 30.7 Å². The van der Waals surface area contributed by atoms with Crippen LogP contribution in [-0.4, -0.2) is 61.3 Å². The van der Waals surface area contributed by atoms with E-state index in [1.165, 1.54) is 12.3 Å². The number of anilines is 2. The van der Waals surface area contributed by atoms with Crippen LogP contribution < -0.4 is 10.2 Å². The lowest BCUT2D eigenvalue weighted by atomic mass is 10.1. The van der Waals surface area contributed by atoms with E-state index in [2.05, 4.69) is 15.3 Å². The molecule has 2 aliphatic rings. The number of morpholine rings is 1. The number of nitrogens with one attached hydrogen (secondary N) is 1. The van der Waals surface area contributed by atoms with Crippen LogP contribution in [-0.2, 0) is 21.0 Å². The van der Waals surface area contributed by atoms with Crippen molar-refractivity contribution in [2.45, 2.75) is 18.2 Å². The van der Waals surface area contributed by atoms with Gasteiger partial charge in [0.15, 0.2) is 21.5 Å². The maximum absolute atomic E-state index is 13.4. The zero-order valence-electron chi connectivity index (χ0n) is 18.4. The number of hydrogen-bond acceptors (Lipinski definition) is 8. The first-order valence-corrected chi connectivity index (χ1v) is 12.5. The fourth-order valence-corrected chi connectivity index (χ4v) is 5.73. The molecular formula is C23H22FN5O4S. The molecule has 2 aromatic heterocycles. The highest BCUT2D eigenvalue weighted by Gasteiger charge is 2.35. The summed E-state index contributed by atoms with van der Waals surface area (Å²) in [5.41, 5.74) is 2.66. The Morgan fingerprint density at radius 2 is 1.94 bits per heavy atom. The van der Waals surface area contributed by atoms with E-state index < -0.39 is 21.7 Å². The monoisotopic (exact) mass is 483 g/mol. The molecule has 1 saturated heterocycles. The number of ether oxygens (including phenoxy) is 1. The number of rotatable bonds is 4. The third-order valence-corrected chi connectivity index (χ3v) is 7.65. The van der Waals surface area contributed by atoms with Crippen LogP contribution in [0.15, 0.2) is 41.4 Å². The Balaban J connectivity index is 1.54. The Labute approximate surface area is 195 Å². The number of sulfone groups is 1. The van der Waals surface area contributed by atoms with E-state index >= 15 is 0 Å². The lowest BCUT2D eigenvalue weighted by molar-refractivity contribution is 0.102. The topological polar surface area (TPSA) is 114 Å². The molecule has 0 unspecified atom stereocenters. The molecule has 0 saturated carbocycles. The zero-order valence-corrected chi connectivity index (χ0v) is 19.2. The van der Waals surface area contributed by atoms with Crippen LogP contribution in [0.1, 0.15) is 21.6 Å². The maximum atomic E-state index is 13.4. The van der Waals surface area contributed by atoms with Gasteiger partial charge in [-0.1, -0.05) is 6.07 Å². The first kappa shape index (κ1) is 22.4. The van der Waals surface area contributed by atoms with Crippen LogP contribution in [0.4, 0.5) is 15.9 Å². The van der Waals surface area contributed by atoms with Crippen LogP contribution >= 0.6 is 0 Å². The largest absolute Gasteiger partial charge is 0.378 e. The van der Waals surface area contributed by atoms with E-state index in [1.807, 2.05) is 17.9 Å². The molecule has 0 radical (unpaired) electrons. The molecule has 1 fully saturated rings. The number of aromatic nitrogens is 3. The van der Waals surface area contributed by atoms with Gasteiger partial charge >= 0.3 is 0 Å². The van der Waals surface area contributed by atoms with Crippen molar-refractivity contribution >= 4 is 27.2 Å². The predicted molar refractivity (Wildman–Crippen MR) is 123 cm³/mol. The molecule has 0 aliphatic carbocycles. The molecule has 4 heterocycles. The minimum absolute atomic E-state index is 0.00930. The summed E-state index contributed by atoms with van der Waals surface area (Å²) in [6.07, 6.45) is 1.55. The number of carbonyl (C=O) groups excluding carboxylic acids is 1. The van der Waals surface area contributed by atoms with Gasteiger partial charge in [0, 0.05) is 48.6 Å². The Morgan fingerprint density at radius 3 is 2.71 bits per heavy atom. The first-order chi connectivity index (χ1) is 16.3. The number of pyridine rings is 1. The van der Waals surface area contributed by atoms with Gasteiger partial charge in [0.1, 0.15) is 4.90 Å². The molecule has 2 aliphatic heterocycles. The molecule has 34 heavy (non-hydrogen) atoms. The number of halogens is 1. The molecule has 5 rings (SSSR count). The summed E-state index contributed by atoms with van der Waals surface area (Å²) in [5.74, 6) is -0.418. The normalized spacial score (nSPS) is 16.8. The zero-order chi connectivity index (χ0) is 23.9. The molecule has 9 nitrogen and oxygen atoms in total. The molecule has 11 heteroatoms. The van der Waals surface area contributed by atoms with Crippen LogP contribution in [0.3, 0.4) is 0 Å². The van der Waals surface area contributed by atoms with E-state index in [0.717, 1.165) is 11.6 Å². The lowest BCUT2D eigenvalue weighted by Gasteiger charge is -2.29. The third-order valence-electron chi connectivity index (χ3n) is 5.87. The minimum Gasteiger partial charge on any atom is -0.378 e. The molecule has 1 aromatic carbocycles. The number of hydrogen-bond donors (Lipinski definition) is 1. The van der Waals surface area contributed by atoms with Gasteiger partial charge in [-0.2, -0.15) is 4.39 Å². The number of aryl methyl sites for hydroxylation is 2. The van der Waals surface area contributed by atoms with Crippen molar-refractivity contribution in [2.75, 3.05) is 42.3 Å². The molecule has 1 N–H and O–H groups in total. The van der Waals surface area contributed by atoms with E-state index in [0.29, 0.717) is 61.3 Å². The molecule has 0 bridgehead atoms. The van der Waals surface area contributed by atoms with Crippen molar-refractivity contribution in [3.05, 3.63) is 59.3 Å². The van der Waals surface area contributed by atoms with Gasteiger partial charge in [-0.15, -0.1) is 0 Å². The lowest BCUT2D eigenvalue weighted by Crippen LogP contribution is -2.37. The van der Waals surface area contributed by atoms with E-state index in [1.54, 1.807) is 12.1 Å². The van der Waals surface area contributed by atoms with Crippen LogP contribution in [0.5, 0.6) is 0 Å². The van der Waals surface area contributed by atoms with Gasteiger partial charge in [0.2, 0.25) is 5.95 Å². The number of nitrogens with zero attached hydrogens (tertiary/aromatic N) is 4. The smallest absolute Gasteiger partial charge is 0.255 e. The van der Waals surface area contributed by atoms with E-state index in [4.69, 9.17) is 9.72 Å². The van der Waals surface area contributed by atoms with Crippen LogP contribution in [0, 0.1) is 12.9 Å². The van der Waals surface area contributed by atoms with Gasteiger partial charge in [-0.3, -0.25) is 4.79 Å². The molecular weight excluding hydrogens is 461 g/mol.